The van der Waals surface area contributed by atoms with Crippen molar-refractivity contribution in [3.8, 4) is 5.69 Å². The van der Waals surface area contributed by atoms with Crippen LogP contribution in [0.2, 0.25) is 0 Å². The maximum atomic E-state index is 12.8. The molecule has 1 aromatic heterocycles. The van der Waals surface area contributed by atoms with Gasteiger partial charge in [-0.2, -0.15) is 44.5 Å². The number of rotatable bonds is 2. The summed E-state index contributed by atoms with van der Waals surface area (Å²) in [6.45, 7) is 0. The number of hydrogen-bond acceptors (Lipinski definition) is 2. The molecule has 154 valence electrons. The summed E-state index contributed by atoms with van der Waals surface area (Å²) in [5, 5.41) is 0. The number of halogens is 10. The van der Waals surface area contributed by atoms with Crippen molar-refractivity contribution in [3.63, 3.8) is 0 Å². The molecular formula is C14H6BrF9N2OS. The zero-order valence-corrected chi connectivity index (χ0v) is 15.4. The van der Waals surface area contributed by atoms with Crippen LogP contribution in [0.15, 0.2) is 39.2 Å². The molecule has 0 saturated heterocycles. The zero-order valence-electron chi connectivity index (χ0n) is 13.0. The number of benzene rings is 1. The Bertz CT molecular complexity index is 926. The Kier molecular flexibility index (Phi) is 6.05. The molecule has 1 amide bonds. The quantitative estimate of drug-likeness (QED) is 0.502. The van der Waals surface area contributed by atoms with Gasteiger partial charge in [0.25, 0.3) is 5.91 Å². The minimum atomic E-state index is -5.94. The molecule has 0 aliphatic heterocycles. The maximum Gasteiger partial charge on any atom is 0.416 e. The molecule has 2 aromatic rings. The molecule has 1 aromatic carbocycles. The molecule has 0 radical (unpaired) electrons. The van der Waals surface area contributed by atoms with Crippen LogP contribution in [0.5, 0.6) is 0 Å². The first kappa shape index (κ1) is 22.5. The molecule has 0 fully saturated rings. The van der Waals surface area contributed by atoms with Crippen molar-refractivity contribution in [2.45, 2.75) is 18.5 Å². The SMILES string of the molecule is O=C(N=c1sc(Br)cn1-c1cccc(C(F)(F)F)c1)C(C(F)(F)F)C(F)(F)F. The minimum Gasteiger partial charge on any atom is -0.291 e. The van der Waals surface area contributed by atoms with E-state index in [0.29, 0.717) is 17.4 Å². The molecule has 0 unspecified atom stereocenters. The lowest BCUT2D eigenvalue weighted by atomic mass is 10.1. The average molecular weight is 501 g/mol. The van der Waals surface area contributed by atoms with Gasteiger partial charge in [-0.25, -0.2) is 0 Å². The van der Waals surface area contributed by atoms with Gasteiger partial charge in [0.15, 0.2) is 4.80 Å². The summed E-state index contributed by atoms with van der Waals surface area (Å²) in [5.74, 6) is -6.88. The van der Waals surface area contributed by atoms with Gasteiger partial charge in [0.2, 0.25) is 5.92 Å². The molecule has 28 heavy (non-hydrogen) atoms. The highest BCUT2D eigenvalue weighted by Gasteiger charge is 2.61. The molecular weight excluding hydrogens is 495 g/mol. The Morgan fingerprint density at radius 3 is 2.11 bits per heavy atom. The van der Waals surface area contributed by atoms with E-state index in [0.717, 1.165) is 29.0 Å². The fraction of sp³-hybridized carbons (Fsp3) is 0.286. The Morgan fingerprint density at radius 1 is 1.04 bits per heavy atom. The van der Waals surface area contributed by atoms with Gasteiger partial charge >= 0.3 is 18.5 Å². The molecule has 0 spiro atoms. The lowest BCUT2D eigenvalue weighted by Crippen LogP contribution is -2.42. The molecule has 14 heteroatoms. The normalized spacial score (nSPS) is 14.0. The van der Waals surface area contributed by atoms with Gasteiger partial charge in [-0.05, 0) is 34.1 Å². The fourth-order valence-corrected chi connectivity index (χ4v) is 3.40. The zero-order chi connectivity index (χ0) is 21.5. The van der Waals surface area contributed by atoms with E-state index in [1.807, 2.05) is 0 Å². The maximum absolute atomic E-state index is 12.8. The van der Waals surface area contributed by atoms with Gasteiger partial charge in [0, 0.05) is 11.9 Å². The second-order valence-corrected chi connectivity index (χ2v) is 7.59. The molecule has 0 atom stereocenters. The van der Waals surface area contributed by atoms with Crippen LogP contribution in [0.3, 0.4) is 0 Å². The average Bonchev–Trinajstić information content (AvgIpc) is 2.83. The number of nitrogens with zero attached hydrogens (tertiary/aromatic N) is 2. The van der Waals surface area contributed by atoms with Crippen LogP contribution in [-0.4, -0.2) is 22.8 Å². The number of hydrogen-bond donors (Lipinski definition) is 0. The van der Waals surface area contributed by atoms with E-state index in [2.05, 4.69) is 20.9 Å². The molecule has 0 N–H and O–H groups in total. The molecule has 3 nitrogen and oxygen atoms in total. The summed E-state index contributed by atoms with van der Waals surface area (Å²) in [6.07, 6.45) is -15.6. The first-order valence-corrected chi connectivity index (χ1v) is 8.49. The second kappa shape index (κ2) is 7.54. The largest absolute Gasteiger partial charge is 0.416 e. The lowest BCUT2D eigenvalue weighted by molar-refractivity contribution is -0.273. The lowest BCUT2D eigenvalue weighted by Gasteiger charge is -2.19. The summed E-state index contributed by atoms with van der Waals surface area (Å²) < 4.78 is 115. The van der Waals surface area contributed by atoms with Gasteiger partial charge < -0.3 is 0 Å². The van der Waals surface area contributed by atoms with E-state index in [4.69, 9.17) is 0 Å². The summed E-state index contributed by atoms with van der Waals surface area (Å²) in [7, 11) is 0. The van der Waals surface area contributed by atoms with Gasteiger partial charge in [-0.15, -0.1) is 0 Å². The topological polar surface area (TPSA) is 34.4 Å². The van der Waals surface area contributed by atoms with E-state index in [1.54, 1.807) is 0 Å². The Hall–Kier alpha value is -1.83. The predicted molar refractivity (Wildman–Crippen MR) is 82.5 cm³/mol. The molecule has 1 heterocycles. The van der Waals surface area contributed by atoms with Crippen molar-refractivity contribution in [3.05, 3.63) is 44.6 Å². The summed E-state index contributed by atoms with van der Waals surface area (Å²) >= 11 is 3.37. The number of thiazole rings is 1. The molecule has 0 saturated carbocycles. The number of carbonyl (C=O) groups excluding carboxylic acids is 1. The van der Waals surface area contributed by atoms with Crippen LogP contribution in [0.4, 0.5) is 39.5 Å². The minimum absolute atomic E-state index is 0.104. The van der Waals surface area contributed by atoms with Gasteiger partial charge in [0.05, 0.1) is 9.35 Å². The van der Waals surface area contributed by atoms with E-state index in [9.17, 15) is 44.3 Å². The predicted octanol–water partition coefficient (Wildman–Crippen LogP) is 5.49. The van der Waals surface area contributed by atoms with Crippen molar-refractivity contribution in [1.29, 1.82) is 0 Å². The van der Waals surface area contributed by atoms with Gasteiger partial charge in [-0.3, -0.25) is 9.36 Å². The van der Waals surface area contributed by atoms with E-state index in [1.165, 1.54) is 0 Å². The van der Waals surface area contributed by atoms with Crippen molar-refractivity contribution in [1.82, 2.24) is 4.57 Å². The van der Waals surface area contributed by atoms with Gasteiger partial charge in [-0.1, -0.05) is 17.4 Å². The Balaban J connectivity index is 2.60. The first-order valence-electron chi connectivity index (χ1n) is 6.88. The summed E-state index contributed by atoms with van der Waals surface area (Å²) in [6, 6.07) is 3.42. The second-order valence-electron chi connectivity index (χ2n) is 5.20. The van der Waals surface area contributed by atoms with Crippen LogP contribution < -0.4 is 4.80 Å². The fourth-order valence-electron chi connectivity index (χ4n) is 2.04. The number of carbonyl (C=O) groups is 1. The third-order valence-corrected chi connectivity index (χ3v) is 4.65. The summed E-state index contributed by atoms with van der Waals surface area (Å²) in [4.78, 5) is 13.8. The Morgan fingerprint density at radius 2 is 1.61 bits per heavy atom. The van der Waals surface area contributed by atoms with Gasteiger partial charge in [0.1, 0.15) is 0 Å². The van der Waals surface area contributed by atoms with Crippen molar-refractivity contribution in [2.24, 2.45) is 10.9 Å². The molecule has 0 bridgehead atoms. The van der Waals surface area contributed by atoms with Crippen molar-refractivity contribution in [2.75, 3.05) is 0 Å². The smallest absolute Gasteiger partial charge is 0.291 e. The first-order chi connectivity index (χ1) is 12.6. The van der Waals surface area contributed by atoms with Crippen LogP contribution in [0, 0.1) is 5.92 Å². The molecule has 2 rings (SSSR count). The van der Waals surface area contributed by atoms with Crippen molar-refractivity contribution < 1.29 is 44.3 Å². The standard InChI is InChI=1S/C14H6BrF9N2OS/c15-8-5-26(7-3-1-2-6(4-7)12(16,17)18)11(28-8)25-10(27)9(13(19,20)21)14(22,23)24/h1-5,9H. The monoisotopic (exact) mass is 500 g/mol. The molecule has 0 aliphatic carbocycles. The van der Waals surface area contributed by atoms with E-state index < -0.39 is 40.7 Å². The third-order valence-electron chi connectivity index (χ3n) is 3.18. The van der Waals surface area contributed by atoms with Crippen LogP contribution in [0.25, 0.3) is 5.69 Å². The highest BCUT2D eigenvalue weighted by atomic mass is 79.9. The number of amides is 1. The van der Waals surface area contributed by atoms with Crippen LogP contribution in [-0.2, 0) is 11.0 Å². The van der Waals surface area contributed by atoms with E-state index >= 15 is 0 Å². The van der Waals surface area contributed by atoms with Crippen LogP contribution >= 0.6 is 27.3 Å². The number of alkyl halides is 9. The van der Waals surface area contributed by atoms with E-state index in [-0.39, 0.29) is 9.47 Å². The Labute approximate surface area is 162 Å². The van der Waals surface area contributed by atoms with Crippen molar-refractivity contribution >= 4 is 33.2 Å². The summed E-state index contributed by atoms with van der Waals surface area (Å²) in [5.41, 5.74) is -1.38. The highest BCUT2D eigenvalue weighted by molar-refractivity contribution is 9.11. The highest BCUT2D eigenvalue weighted by Crippen LogP contribution is 2.40. The molecule has 0 aliphatic rings. The van der Waals surface area contributed by atoms with Crippen LogP contribution in [0.1, 0.15) is 5.56 Å². The number of aromatic nitrogens is 1. The third kappa shape index (κ3) is 5.16.